The molecule has 0 heterocycles. The number of hydrogen-bond acceptors (Lipinski definition) is 1. The van der Waals surface area contributed by atoms with Gasteiger partial charge >= 0.3 is 0 Å². The fourth-order valence-electron chi connectivity index (χ4n) is 4.15. The highest BCUT2D eigenvalue weighted by Gasteiger charge is 2.13. The Kier molecular flexibility index (Phi) is 16.0. The topological polar surface area (TPSA) is 17.1 Å². The molecule has 1 unspecified atom stereocenters. The van der Waals surface area contributed by atoms with Crippen LogP contribution in [0, 0.1) is 5.92 Å². The van der Waals surface area contributed by atoms with Crippen molar-refractivity contribution >= 4 is 5.78 Å². The van der Waals surface area contributed by atoms with Crippen molar-refractivity contribution in [1.82, 2.24) is 0 Å². The average Bonchev–Trinajstić information content (AvgIpc) is 2.70. The van der Waals surface area contributed by atoms with Crippen LogP contribution in [0.3, 0.4) is 0 Å². The summed E-state index contributed by atoms with van der Waals surface area (Å²) in [5, 5.41) is 0. The van der Waals surface area contributed by atoms with Gasteiger partial charge in [0.25, 0.3) is 0 Å². The summed E-state index contributed by atoms with van der Waals surface area (Å²) < 4.78 is 0. The van der Waals surface area contributed by atoms with Crippen molar-refractivity contribution in [2.75, 3.05) is 0 Å². The first-order valence-electron chi connectivity index (χ1n) is 12.3. The van der Waals surface area contributed by atoms with E-state index < -0.39 is 0 Å². The van der Waals surface area contributed by atoms with E-state index in [9.17, 15) is 4.79 Å². The van der Waals surface area contributed by atoms with Crippen molar-refractivity contribution in [2.24, 2.45) is 5.92 Å². The van der Waals surface area contributed by atoms with Gasteiger partial charge in [0.05, 0.1) is 0 Å². The monoisotopic (exact) mass is 386 g/mol. The molecule has 0 radical (unpaired) electrons. The molecular formula is C27H46O. The quantitative estimate of drug-likeness (QED) is 0.217. The van der Waals surface area contributed by atoms with Crippen LogP contribution in [0.15, 0.2) is 30.3 Å². The van der Waals surface area contributed by atoms with Crippen molar-refractivity contribution in [2.45, 2.75) is 123 Å². The Morgan fingerprint density at radius 2 is 1.14 bits per heavy atom. The van der Waals surface area contributed by atoms with Crippen LogP contribution in [-0.4, -0.2) is 5.78 Å². The Morgan fingerprint density at radius 3 is 1.64 bits per heavy atom. The minimum Gasteiger partial charge on any atom is -0.300 e. The van der Waals surface area contributed by atoms with Crippen LogP contribution in [0.5, 0.6) is 0 Å². The summed E-state index contributed by atoms with van der Waals surface area (Å²) in [5.74, 6) is 0.727. The molecule has 0 aliphatic heterocycles. The van der Waals surface area contributed by atoms with Crippen LogP contribution >= 0.6 is 0 Å². The standard InChI is InChI=1S/C27H46O/c1-3-4-5-6-7-8-9-10-11-12-18-23-27(25(2)28)24-19-14-17-22-26-20-15-13-16-21-26/h13,15-16,20-21,27H,3-12,14,17-19,22-24H2,1-2H3. The van der Waals surface area contributed by atoms with E-state index in [0.29, 0.717) is 11.7 Å². The van der Waals surface area contributed by atoms with E-state index in [1.54, 1.807) is 6.92 Å². The van der Waals surface area contributed by atoms with Crippen LogP contribution in [0.4, 0.5) is 0 Å². The Balaban J connectivity index is 1.96. The predicted molar refractivity (Wildman–Crippen MR) is 124 cm³/mol. The van der Waals surface area contributed by atoms with Crippen molar-refractivity contribution < 1.29 is 4.79 Å². The molecule has 0 saturated heterocycles. The maximum Gasteiger partial charge on any atom is 0.132 e. The zero-order valence-corrected chi connectivity index (χ0v) is 18.9. The van der Waals surface area contributed by atoms with Crippen LogP contribution < -0.4 is 0 Å². The lowest BCUT2D eigenvalue weighted by atomic mass is 9.91. The summed E-state index contributed by atoms with van der Waals surface area (Å²) in [7, 11) is 0. The molecule has 0 aromatic heterocycles. The van der Waals surface area contributed by atoms with Crippen molar-refractivity contribution in [1.29, 1.82) is 0 Å². The summed E-state index contributed by atoms with van der Waals surface area (Å²) in [6, 6.07) is 10.7. The van der Waals surface area contributed by atoms with Crippen LogP contribution in [0.25, 0.3) is 0 Å². The molecule has 0 fully saturated rings. The molecule has 0 aliphatic rings. The number of aryl methyl sites for hydroxylation is 1. The zero-order chi connectivity index (χ0) is 20.3. The summed E-state index contributed by atoms with van der Waals surface area (Å²) in [5.41, 5.74) is 1.44. The number of ketones is 1. The molecule has 1 rings (SSSR count). The fraction of sp³-hybridized carbons (Fsp3) is 0.741. The van der Waals surface area contributed by atoms with Crippen molar-refractivity contribution in [3.63, 3.8) is 0 Å². The van der Waals surface area contributed by atoms with E-state index in [-0.39, 0.29) is 0 Å². The molecule has 1 heteroatoms. The Hall–Kier alpha value is -1.11. The highest BCUT2D eigenvalue weighted by atomic mass is 16.1. The number of unbranched alkanes of at least 4 members (excludes halogenated alkanes) is 12. The lowest BCUT2D eigenvalue weighted by Gasteiger charge is -2.13. The molecule has 0 saturated carbocycles. The Labute approximate surface area is 175 Å². The normalized spacial score (nSPS) is 12.2. The van der Waals surface area contributed by atoms with Gasteiger partial charge in [0.1, 0.15) is 5.78 Å². The van der Waals surface area contributed by atoms with Crippen LogP contribution in [-0.2, 0) is 11.2 Å². The lowest BCUT2D eigenvalue weighted by molar-refractivity contribution is -0.121. The average molecular weight is 387 g/mol. The van der Waals surface area contributed by atoms with Gasteiger partial charge in [-0.25, -0.2) is 0 Å². The molecule has 1 aromatic rings. The lowest BCUT2D eigenvalue weighted by Crippen LogP contribution is -2.11. The van der Waals surface area contributed by atoms with Gasteiger partial charge in [0, 0.05) is 5.92 Å². The second-order valence-electron chi connectivity index (χ2n) is 8.72. The summed E-state index contributed by atoms with van der Waals surface area (Å²) in [4.78, 5) is 11.9. The molecule has 0 spiro atoms. The molecule has 160 valence electrons. The maximum absolute atomic E-state index is 11.9. The summed E-state index contributed by atoms with van der Waals surface area (Å²) in [6.45, 7) is 4.08. The first-order valence-corrected chi connectivity index (χ1v) is 12.3. The number of Topliss-reactive ketones (excluding diaryl/α,β-unsaturated/α-hetero) is 1. The number of rotatable bonds is 19. The highest BCUT2D eigenvalue weighted by molar-refractivity contribution is 5.78. The van der Waals surface area contributed by atoms with Gasteiger partial charge in [-0.1, -0.05) is 121 Å². The highest BCUT2D eigenvalue weighted by Crippen LogP contribution is 2.20. The zero-order valence-electron chi connectivity index (χ0n) is 18.9. The molecule has 0 aliphatic carbocycles. The van der Waals surface area contributed by atoms with E-state index >= 15 is 0 Å². The Morgan fingerprint density at radius 1 is 0.679 bits per heavy atom. The Bertz CT molecular complexity index is 464. The molecule has 1 aromatic carbocycles. The fourth-order valence-corrected chi connectivity index (χ4v) is 4.15. The van der Waals surface area contributed by atoms with E-state index in [2.05, 4.69) is 37.3 Å². The third kappa shape index (κ3) is 14.0. The SMILES string of the molecule is CCCCCCCCCCCCCC(CCCCCc1ccccc1)C(C)=O. The predicted octanol–water partition coefficient (Wildman–Crippen LogP) is 8.70. The van der Waals surface area contributed by atoms with Gasteiger partial charge in [-0.15, -0.1) is 0 Å². The molecule has 1 atom stereocenters. The third-order valence-corrected chi connectivity index (χ3v) is 6.09. The van der Waals surface area contributed by atoms with Gasteiger partial charge in [-0.2, -0.15) is 0 Å². The van der Waals surface area contributed by atoms with Gasteiger partial charge < -0.3 is 0 Å². The third-order valence-electron chi connectivity index (χ3n) is 6.09. The van der Waals surface area contributed by atoms with Gasteiger partial charge in [-0.3, -0.25) is 4.79 Å². The minimum absolute atomic E-state index is 0.315. The second-order valence-corrected chi connectivity index (χ2v) is 8.72. The van der Waals surface area contributed by atoms with Gasteiger partial charge in [0.2, 0.25) is 0 Å². The van der Waals surface area contributed by atoms with E-state index in [1.807, 2.05) is 0 Å². The molecule has 0 bridgehead atoms. The van der Waals surface area contributed by atoms with Gasteiger partial charge in [0.15, 0.2) is 0 Å². The first-order chi connectivity index (χ1) is 13.7. The molecular weight excluding hydrogens is 340 g/mol. The number of benzene rings is 1. The minimum atomic E-state index is 0.315. The maximum atomic E-state index is 11.9. The van der Waals surface area contributed by atoms with Crippen LogP contribution in [0.2, 0.25) is 0 Å². The largest absolute Gasteiger partial charge is 0.300 e. The van der Waals surface area contributed by atoms with Gasteiger partial charge in [-0.05, 0) is 38.2 Å². The number of hydrogen-bond donors (Lipinski definition) is 0. The molecule has 1 nitrogen and oxygen atoms in total. The summed E-state index contributed by atoms with van der Waals surface area (Å²) in [6.07, 6.45) is 22.2. The van der Waals surface area contributed by atoms with Crippen molar-refractivity contribution in [3.05, 3.63) is 35.9 Å². The first kappa shape index (κ1) is 24.9. The van der Waals surface area contributed by atoms with E-state index in [4.69, 9.17) is 0 Å². The summed E-state index contributed by atoms with van der Waals surface area (Å²) >= 11 is 0. The smallest absolute Gasteiger partial charge is 0.132 e. The number of carbonyl (C=O) groups excluding carboxylic acids is 1. The molecule has 0 N–H and O–H groups in total. The molecule has 28 heavy (non-hydrogen) atoms. The van der Waals surface area contributed by atoms with E-state index in [1.165, 1.54) is 102 Å². The van der Waals surface area contributed by atoms with E-state index in [0.717, 1.165) is 12.8 Å². The van der Waals surface area contributed by atoms with Crippen LogP contribution in [0.1, 0.15) is 122 Å². The van der Waals surface area contributed by atoms with Crippen molar-refractivity contribution in [3.8, 4) is 0 Å². The second kappa shape index (κ2) is 18.0. The molecule has 0 amide bonds. The number of carbonyl (C=O) groups is 1.